The summed E-state index contributed by atoms with van der Waals surface area (Å²) in [4.78, 5) is 0. The molecule has 1 aromatic rings. The first-order chi connectivity index (χ1) is 7.23. The molecule has 0 heterocycles. The molecular weight excluding hydrogens is 241 g/mol. The van der Waals surface area contributed by atoms with Crippen molar-refractivity contribution >= 4 is 11.6 Å². The smallest absolute Gasteiger partial charge is 0.380 e. The van der Waals surface area contributed by atoms with Crippen molar-refractivity contribution in [3.05, 3.63) is 47.0 Å². The van der Waals surface area contributed by atoms with Gasteiger partial charge in [-0.3, -0.25) is 0 Å². The van der Waals surface area contributed by atoms with Crippen LogP contribution >= 0.6 is 11.6 Å². The normalized spacial score (nSPS) is 17.0. The van der Waals surface area contributed by atoms with Crippen LogP contribution in [0.4, 0.5) is 13.2 Å². The molecule has 0 fully saturated rings. The number of aliphatic hydroxyl groups is 1. The number of rotatable bonds is 2. The van der Waals surface area contributed by atoms with Crippen LogP contribution in [-0.4, -0.2) is 11.3 Å². The maximum absolute atomic E-state index is 12.1. The van der Waals surface area contributed by atoms with Gasteiger partial charge in [0.15, 0.2) is 0 Å². The van der Waals surface area contributed by atoms with Crippen LogP contribution in [0, 0.1) is 0 Å². The highest BCUT2D eigenvalue weighted by Crippen LogP contribution is 2.34. The number of allylic oxidation sites excluding steroid dienone is 1. The summed E-state index contributed by atoms with van der Waals surface area (Å²) in [6.07, 6.45) is -4.66. The Labute approximate surface area is 96.2 Å². The van der Waals surface area contributed by atoms with Gasteiger partial charge in [-0.05, 0) is 12.5 Å². The number of alkyl halides is 3. The van der Waals surface area contributed by atoms with E-state index in [-0.39, 0.29) is 6.08 Å². The van der Waals surface area contributed by atoms with Crippen molar-refractivity contribution in [1.82, 2.24) is 0 Å². The van der Waals surface area contributed by atoms with Crippen molar-refractivity contribution in [2.45, 2.75) is 18.7 Å². The molecule has 0 radical (unpaired) electrons. The van der Waals surface area contributed by atoms with Gasteiger partial charge in [-0.25, -0.2) is 0 Å². The SMILES string of the molecule is CC(O)(/C(Cl)=C\C(F)(F)F)c1ccccc1. The van der Waals surface area contributed by atoms with Gasteiger partial charge >= 0.3 is 6.18 Å². The molecule has 16 heavy (non-hydrogen) atoms. The Kier molecular flexibility index (Phi) is 3.65. The monoisotopic (exact) mass is 250 g/mol. The summed E-state index contributed by atoms with van der Waals surface area (Å²) in [5, 5.41) is 9.26. The maximum atomic E-state index is 12.1. The van der Waals surface area contributed by atoms with E-state index in [1.165, 1.54) is 19.1 Å². The molecule has 88 valence electrons. The van der Waals surface area contributed by atoms with Gasteiger partial charge in [0.25, 0.3) is 0 Å². The lowest BCUT2D eigenvalue weighted by Crippen LogP contribution is -2.23. The van der Waals surface area contributed by atoms with Crippen LogP contribution < -0.4 is 0 Å². The molecule has 0 aromatic heterocycles. The summed E-state index contributed by atoms with van der Waals surface area (Å²) in [5.74, 6) is 0. The predicted octanol–water partition coefficient (Wildman–Crippen LogP) is 3.58. The van der Waals surface area contributed by atoms with Crippen LogP contribution in [0.5, 0.6) is 0 Å². The van der Waals surface area contributed by atoms with Crippen LogP contribution in [0.2, 0.25) is 0 Å². The molecule has 1 atom stereocenters. The number of hydrogen-bond acceptors (Lipinski definition) is 1. The molecule has 1 nitrogen and oxygen atoms in total. The standard InChI is InChI=1S/C11H10ClF3O/c1-10(16,8-5-3-2-4-6-8)9(12)7-11(13,14)15/h2-7,16H,1H3/b9-7+. The third-order valence-electron chi connectivity index (χ3n) is 2.09. The van der Waals surface area contributed by atoms with Gasteiger partial charge < -0.3 is 5.11 Å². The van der Waals surface area contributed by atoms with E-state index in [4.69, 9.17) is 11.6 Å². The Hall–Kier alpha value is -1.00. The third kappa shape index (κ3) is 3.25. The molecule has 0 spiro atoms. The zero-order valence-corrected chi connectivity index (χ0v) is 9.18. The Balaban J connectivity index is 3.08. The van der Waals surface area contributed by atoms with E-state index in [9.17, 15) is 18.3 Å². The average molecular weight is 251 g/mol. The Bertz CT molecular complexity index is 382. The van der Waals surface area contributed by atoms with Crippen molar-refractivity contribution in [1.29, 1.82) is 0 Å². The highest BCUT2D eigenvalue weighted by molar-refractivity contribution is 6.30. The minimum atomic E-state index is -4.55. The van der Waals surface area contributed by atoms with E-state index in [0.717, 1.165) is 0 Å². The lowest BCUT2D eigenvalue weighted by atomic mass is 9.95. The molecule has 0 aliphatic heterocycles. The van der Waals surface area contributed by atoms with Crippen molar-refractivity contribution < 1.29 is 18.3 Å². The zero-order valence-electron chi connectivity index (χ0n) is 8.42. The molecule has 0 bridgehead atoms. The highest BCUT2D eigenvalue weighted by atomic mass is 35.5. The molecule has 1 rings (SSSR count). The summed E-state index contributed by atoms with van der Waals surface area (Å²) in [6.45, 7) is 1.22. The van der Waals surface area contributed by atoms with E-state index >= 15 is 0 Å². The first kappa shape index (κ1) is 13.1. The van der Waals surface area contributed by atoms with Crippen LogP contribution in [0.25, 0.3) is 0 Å². The average Bonchev–Trinajstić information content (AvgIpc) is 2.16. The Morgan fingerprint density at radius 2 is 1.75 bits per heavy atom. The molecule has 1 N–H and O–H groups in total. The zero-order chi connectivity index (χ0) is 12.4. The molecular formula is C11H10ClF3O. The molecule has 0 saturated heterocycles. The van der Waals surface area contributed by atoms with Gasteiger partial charge in [0.05, 0.1) is 5.03 Å². The Morgan fingerprint density at radius 1 is 1.25 bits per heavy atom. The van der Waals surface area contributed by atoms with Crippen LogP contribution in [-0.2, 0) is 5.60 Å². The second-order valence-electron chi connectivity index (χ2n) is 3.47. The predicted molar refractivity (Wildman–Crippen MR) is 56.0 cm³/mol. The minimum absolute atomic E-state index is 0.110. The van der Waals surface area contributed by atoms with Gasteiger partial charge in [-0.15, -0.1) is 0 Å². The Morgan fingerprint density at radius 3 is 2.19 bits per heavy atom. The highest BCUT2D eigenvalue weighted by Gasteiger charge is 2.33. The lowest BCUT2D eigenvalue weighted by molar-refractivity contribution is -0.0818. The largest absolute Gasteiger partial charge is 0.410 e. The molecule has 0 saturated carbocycles. The van der Waals surface area contributed by atoms with Crippen molar-refractivity contribution in [3.8, 4) is 0 Å². The van der Waals surface area contributed by atoms with E-state index < -0.39 is 16.8 Å². The summed E-state index contributed by atoms with van der Waals surface area (Å²) < 4.78 is 36.2. The molecule has 1 unspecified atom stereocenters. The van der Waals surface area contributed by atoms with Gasteiger partial charge in [0.2, 0.25) is 0 Å². The van der Waals surface area contributed by atoms with E-state index in [2.05, 4.69) is 0 Å². The molecule has 5 heteroatoms. The van der Waals surface area contributed by atoms with Crippen LogP contribution in [0.15, 0.2) is 41.4 Å². The van der Waals surface area contributed by atoms with Crippen LogP contribution in [0.1, 0.15) is 12.5 Å². The summed E-state index contributed by atoms with van der Waals surface area (Å²) in [7, 11) is 0. The number of halogens is 4. The first-order valence-electron chi connectivity index (χ1n) is 4.47. The number of benzene rings is 1. The molecule has 0 aliphatic rings. The molecule has 0 amide bonds. The second kappa shape index (κ2) is 4.47. The second-order valence-corrected chi connectivity index (χ2v) is 3.88. The van der Waals surface area contributed by atoms with Gasteiger partial charge in [-0.1, -0.05) is 41.9 Å². The minimum Gasteiger partial charge on any atom is -0.380 e. The van der Waals surface area contributed by atoms with Gasteiger partial charge in [0.1, 0.15) is 5.60 Å². The van der Waals surface area contributed by atoms with Crippen molar-refractivity contribution in [2.75, 3.05) is 0 Å². The molecule has 1 aromatic carbocycles. The fourth-order valence-electron chi connectivity index (χ4n) is 1.18. The summed E-state index contributed by atoms with van der Waals surface area (Å²) in [6, 6.07) is 7.93. The first-order valence-corrected chi connectivity index (χ1v) is 4.85. The van der Waals surface area contributed by atoms with E-state index in [1.54, 1.807) is 18.2 Å². The third-order valence-corrected chi connectivity index (χ3v) is 2.57. The maximum Gasteiger partial charge on any atom is 0.410 e. The fourth-order valence-corrected chi connectivity index (χ4v) is 1.42. The van der Waals surface area contributed by atoms with E-state index in [1.807, 2.05) is 0 Å². The molecule has 0 aliphatic carbocycles. The number of hydrogen-bond donors (Lipinski definition) is 1. The topological polar surface area (TPSA) is 20.2 Å². The lowest BCUT2D eigenvalue weighted by Gasteiger charge is -2.23. The fraction of sp³-hybridized carbons (Fsp3) is 0.273. The van der Waals surface area contributed by atoms with Gasteiger partial charge in [-0.2, -0.15) is 13.2 Å². The van der Waals surface area contributed by atoms with E-state index in [0.29, 0.717) is 5.56 Å². The van der Waals surface area contributed by atoms with Crippen LogP contribution in [0.3, 0.4) is 0 Å². The van der Waals surface area contributed by atoms with Crippen molar-refractivity contribution in [2.24, 2.45) is 0 Å². The summed E-state index contributed by atoms with van der Waals surface area (Å²) in [5.41, 5.74) is -1.53. The summed E-state index contributed by atoms with van der Waals surface area (Å²) >= 11 is 5.48. The quantitative estimate of drug-likeness (QED) is 0.851. The van der Waals surface area contributed by atoms with Crippen molar-refractivity contribution in [3.63, 3.8) is 0 Å². The van der Waals surface area contributed by atoms with Gasteiger partial charge in [0, 0.05) is 6.08 Å².